The quantitative estimate of drug-likeness (QED) is 0.799. The van der Waals surface area contributed by atoms with Crippen LogP contribution in [-0.2, 0) is 4.74 Å². The Morgan fingerprint density at radius 1 is 1.07 bits per heavy atom. The van der Waals surface area contributed by atoms with Gasteiger partial charge in [0.15, 0.2) is 0 Å². The number of rotatable bonds is 5. The van der Waals surface area contributed by atoms with Crippen molar-refractivity contribution < 1.29 is 14.3 Å². The summed E-state index contributed by atoms with van der Waals surface area (Å²) in [6.07, 6.45) is 8.85. The fourth-order valence-corrected chi connectivity index (χ4v) is 4.45. The molecule has 2 fully saturated rings. The number of aromatic nitrogens is 1. The molecule has 0 radical (unpaired) electrons. The van der Waals surface area contributed by atoms with Crippen molar-refractivity contribution in [2.45, 2.75) is 78.0 Å². The summed E-state index contributed by atoms with van der Waals surface area (Å²) in [6.45, 7) is 9.19. The fourth-order valence-electron chi connectivity index (χ4n) is 4.45. The van der Waals surface area contributed by atoms with Crippen LogP contribution >= 0.6 is 0 Å². The molecule has 2 heterocycles. The molecule has 1 saturated heterocycles. The molecule has 7 nitrogen and oxygen atoms in total. The van der Waals surface area contributed by atoms with E-state index in [2.05, 4.69) is 5.32 Å². The van der Waals surface area contributed by atoms with E-state index in [0.29, 0.717) is 25.6 Å². The minimum absolute atomic E-state index is 0.0181. The molecule has 2 aliphatic rings. The van der Waals surface area contributed by atoms with Gasteiger partial charge < -0.3 is 19.5 Å². The zero-order chi connectivity index (χ0) is 21.8. The zero-order valence-electron chi connectivity index (χ0n) is 18.6. The van der Waals surface area contributed by atoms with Crippen LogP contribution in [-0.4, -0.2) is 53.1 Å². The van der Waals surface area contributed by atoms with E-state index in [9.17, 15) is 14.4 Å². The number of ether oxygens (including phenoxy) is 1. The first kappa shape index (κ1) is 22.5. The van der Waals surface area contributed by atoms with Gasteiger partial charge in [-0.15, -0.1) is 0 Å². The van der Waals surface area contributed by atoms with Gasteiger partial charge in [0, 0.05) is 38.1 Å². The van der Waals surface area contributed by atoms with Crippen LogP contribution in [0.15, 0.2) is 17.2 Å². The smallest absolute Gasteiger partial charge is 0.259 e. The highest BCUT2D eigenvalue weighted by atomic mass is 16.5. The lowest BCUT2D eigenvalue weighted by molar-refractivity contribution is -0.0586. The maximum atomic E-state index is 13.2. The summed E-state index contributed by atoms with van der Waals surface area (Å²) in [5.74, 6) is -0.257. The van der Waals surface area contributed by atoms with Crippen LogP contribution in [0.25, 0.3) is 0 Å². The highest BCUT2D eigenvalue weighted by molar-refractivity contribution is 5.99. The molecule has 0 aromatic carbocycles. The molecule has 2 amide bonds. The largest absolute Gasteiger partial charge is 0.372 e. The van der Waals surface area contributed by atoms with Crippen molar-refractivity contribution in [2.24, 2.45) is 5.92 Å². The van der Waals surface area contributed by atoms with Gasteiger partial charge in [-0.3, -0.25) is 14.4 Å². The van der Waals surface area contributed by atoms with Crippen LogP contribution in [0, 0.1) is 5.92 Å². The van der Waals surface area contributed by atoms with Crippen LogP contribution in [0.2, 0.25) is 0 Å². The van der Waals surface area contributed by atoms with Crippen LogP contribution in [0.4, 0.5) is 0 Å². The second-order valence-corrected chi connectivity index (χ2v) is 9.14. The number of nitrogens with one attached hydrogen (secondary N) is 1. The molecule has 1 N–H and O–H groups in total. The van der Waals surface area contributed by atoms with Crippen LogP contribution < -0.4 is 10.7 Å². The Morgan fingerprint density at radius 2 is 1.67 bits per heavy atom. The van der Waals surface area contributed by atoms with E-state index in [4.69, 9.17) is 4.74 Å². The van der Waals surface area contributed by atoms with Gasteiger partial charge in [-0.05, 0) is 46.5 Å². The SMILES string of the molecule is CC(C)n1cc(C(=O)NCC2CCCCC2)c(=O)c(C(=O)N2C[C@@H](C)O[C@@H](C)C2)c1. The molecule has 0 spiro atoms. The summed E-state index contributed by atoms with van der Waals surface area (Å²) < 4.78 is 7.48. The molecule has 3 rings (SSSR count). The van der Waals surface area contributed by atoms with Gasteiger partial charge in [-0.2, -0.15) is 0 Å². The van der Waals surface area contributed by atoms with Gasteiger partial charge in [-0.1, -0.05) is 19.3 Å². The van der Waals surface area contributed by atoms with Crippen LogP contribution in [0.3, 0.4) is 0 Å². The van der Waals surface area contributed by atoms with Crippen LogP contribution in [0.5, 0.6) is 0 Å². The fraction of sp³-hybridized carbons (Fsp3) is 0.696. The summed E-state index contributed by atoms with van der Waals surface area (Å²) in [5.41, 5.74) is -0.403. The summed E-state index contributed by atoms with van der Waals surface area (Å²) >= 11 is 0. The number of amides is 2. The Bertz CT molecular complexity index is 816. The van der Waals surface area contributed by atoms with Crippen molar-refractivity contribution in [3.63, 3.8) is 0 Å². The standard InChI is InChI=1S/C23H35N3O4/c1-15(2)25-13-19(22(28)24-10-18-8-6-5-7-9-18)21(27)20(14-25)23(29)26-11-16(3)30-17(4)12-26/h13-18H,5-12H2,1-4H3,(H,24,28)/t16-,17+. The highest BCUT2D eigenvalue weighted by Crippen LogP contribution is 2.23. The lowest BCUT2D eigenvalue weighted by Crippen LogP contribution is -2.49. The van der Waals surface area contributed by atoms with Crippen molar-refractivity contribution in [3.05, 3.63) is 33.7 Å². The minimum atomic E-state index is -0.496. The molecule has 1 aromatic rings. The van der Waals surface area contributed by atoms with Gasteiger partial charge in [-0.25, -0.2) is 0 Å². The molecular weight excluding hydrogens is 382 g/mol. The van der Waals surface area contributed by atoms with E-state index in [1.165, 1.54) is 19.3 Å². The molecule has 1 aromatic heterocycles. The van der Waals surface area contributed by atoms with Crippen molar-refractivity contribution in [1.82, 2.24) is 14.8 Å². The maximum Gasteiger partial charge on any atom is 0.259 e. The minimum Gasteiger partial charge on any atom is -0.372 e. The number of carbonyl (C=O) groups is 2. The molecule has 30 heavy (non-hydrogen) atoms. The Hall–Kier alpha value is -2.15. The third kappa shape index (κ3) is 5.31. The second-order valence-electron chi connectivity index (χ2n) is 9.14. The van der Waals surface area contributed by atoms with Gasteiger partial charge in [0.25, 0.3) is 11.8 Å². The summed E-state index contributed by atoms with van der Waals surface area (Å²) in [5, 5.41) is 2.94. The monoisotopic (exact) mass is 417 g/mol. The van der Waals surface area contributed by atoms with E-state index in [1.807, 2.05) is 27.7 Å². The Kier molecular flexibility index (Phi) is 7.34. The summed E-state index contributed by atoms with van der Waals surface area (Å²) in [4.78, 5) is 40.8. The van der Waals surface area contributed by atoms with Gasteiger partial charge in [0.2, 0.25) is 5.43 Å². The predicted molar refractivity (Wildman–Crippen MR) is 116 cm³/mol. The normalized spacial score (nSPS) is 22.9. The average molecular weight is 418 g/mol. The van der Waals surface area contributed by atoms with Crippen LogP contribution in [0.1, 0.15) is 86.6 Å². The topological polar surface area (TPSA) is 80.6 Å². The van der Waals surface area contributed by atoms with E-state index in [1.54, 1.807) is 21.9 Å². The second kappa shape index (κ2) is 9.77. The molecule has 0 bridgehead atoms. The van der Waals surface area contributed by atoms with E-state index in [0.717, 1.165) is 12.8 Å². The molecule has 0 unspecified atom stereocenters. The summed E-state index contributed by atoms with van der Waals surface area (Å²) in [6, 6.07) is 0.0181. The highest BCUT2D eigenvalue weighted by Gasteiger charge is 2.29. The number of nitrogens with zero attached hydrogens (tertiary/aromatic N) is 2. The van der Waals surface area contributed by atoms with Crippen molar-refractivity contribution in [3.8, 4) is 0 Å². The van der Waals surface area contributed by atoms with Gasteiger partial charge in [0.1, 0.15) is 11.1 Å². The lowest BCUT2D eigenvalue weighted by Gasteiger charge is -2.35. The molecule has 1 saturated carbocycles. The van der Waals surface area contributed by atoms with Gasteiger partial charge in [0.05, 0.1) is 12.2 Å². The number of carbonyl (C=O) groups excluding carboxylic acids is 2. The number of pyridine rings is 1. The molecular formula is C23H35N3O4. The van der Waals surface area contributed by atoms with Crippen molar-refractivity contribution >= 4 is 11.8 Å². The van der Waals surface area contributed by atoms with Gasteiger partial charge >= 0.3 is 0 Å². The number of hydrogen-bond donors (Lipinski definition) is 1. The average Bonchev–Trinajstić information content (AvgIpc) is 2.71. The van der Waals surface area contributed by atoms with Crippen molar-refractivity contribution in [1.29, 1.82) is 0 Å². The third-order valence-electron chi connectivity index (χ3n) is 6.10. The number of morpholine rings is 1. The lowest BCUT2D eigenvalue weighted by atomic mass is 9.89. The summed E-state index contributed by atoms with van der Waals surface area (Å²) in [7, 11) is 0. The molecule has 2 atom stereocenters. The van der Waals surface area contributed by atoms with E-state index >= 15 is 0 Å². The first-order chi connectivity index (χ1) is 14.3. The third-order valence-corrected chi connectivity index (χ3v) is 6.10. The Labute approximate surface area is 178 Å². The Morgan fingerprint density at radius 3 is 2.27 bits per heavy atom. The Balaban J connectivity index is 1.84. The first-order valence-electron chi connectivity index (χ1n) is 11.2. The first-order valence-corrected chi connectivity index (χ1v) is 11.2. The maximum absolute atomic E-state index is 13.2. The predicted octanol–water partition coefficient (Wildman–Crippen LogP) is 2.99. The molecule has 7 heteroatoms. The zero-order valence-corrected chi connectivity index (χ0v) is 18.6. The molecule has 166 valence electrons. The van der Waals surface area contributed by atoms with Crippen molar-refractivity contribution in [2.75, 3.05) is 19.6 Å². The number of hydrogen-bond acceptors (Lipinski definition) is 4. The van der Waals surface area contributed by atoms with E-state index < -0.39 is 11.3 Å². The molecule has 1 aliphatic heterocycles. The van der Waals surface area contributed by atoms with E-state index in [-0.39, 0.29) is 35.3 Å². The molecule has 1 aliphatic carbocycles.